The zero-order valence-corrected chi connectivity index (χ0v) is 19.9. The third kappa shape index (κ3) is 11.3. The van der Waals surface area contributed by atoms with Crippen LogP contribution in [0.1, 0.15) is 51.9 Å². The zero-order valence-electron chi connectivity index (χ0n) is 19.9. The van der Waals surface area contributed by atoms with E-state index in [9.17, 15) is 33.2 Å². The molecule has 0 aliphatic heterocycles. The standard InChI is InChI=1S/C21H33FN6O7/c1-3-4-5-6-7-8-17(30)25-15(11-16(23)29)19(32)24-9-10-27(2)21(34)35-13-28-12-14(22)18(31)26-20(28)33/h12,15H,3-11,13H2,1-2H3,(H2,23,29)(H,24,32)(H,25,30)(H,26,31,33). The molecule has 0 aromatic carbocycles. The fourth-order valence-electron chi connectivity index (χ4n) is 2.94. The fraction of sp³-hybridized carbons (Fsp3) is 0.619. The van der Waals surface area contributed by atoms with Gasteiger partial charge < -0.3 is 26.0 Å². The van der Waals surface area contributed by atoms with Crippen molar-refractivity contribution in [2.45, 2.75) is 64.6 Å². The lowest BCUT2D eigenvalue weighted by Gasteiger charge is -2.20. The first-order chi connectivity index (χ1) is 16.5. The Morgan fingerprint density at radius 2 is 1.89 bits per heavy atom. The van der Waals surface area contributed by atoms with Crippen LogP contribution in [0.4, 0.5) is 9.18 Å². The van der Waals surface area contributed by atoms with Crippen molar-refractivity contribution in [3.63, 3.8) is 0 Å². The SMILES string of the molecule is CCCCCCCC(=O)NC(CC(N)=O)C(=O)NCCN(C)C(=O)OCn1cc(F)c(=O)[nH]c1=O. The van der Waals surface area contributed by atoms with Crippen molar-refractivity contribution < 1.29 is 28.3 Å². The zero-order chi connectivity index (χ0) is 26.4. The van der Waals surface area contributed by atoms with E-state index in [1.165, 1.54) is 7.05 Å². The van der Waals surface area contributed by atoms with Gasteiger partial charge >= 0.3 is 11.8 Å². The lowest BCUT2D eigenvalue weighted by atomic mass is 10.1. The first kappa shape index (κ1) is 29.3. The average Bonchev–Trinajstić information content (AvgIpc) is 2.79. The second-order valence-corrected chi connectivity index (χ2v) is 7.91. The minimum atomic E-state index is -1.22. The Balaban J connectivity index is 2.48. The highest BCUT2D eigenvalue weighted by atomic mass is 19.1. The van der Waals surface area contributed by atoms with Crippen LogP contribution in [0.15, 0.2) is 15.8 Å². The lowest BCUT2D eigenvalue weighted by molar-refractivity contribution is -0.131. The summed E-state index contributed by atoms with van der Waals surface area (Å²) in [5.41, 5.74) is 3.03. The monoisotopic (exact) mass is 500 g/mol. The van der Waals surface area contributed by atoms with Crippen LogP contribution in [0.2, 0.25) is 0 Å². The summed E-state index contributed by atoms with van der Waals surface area (Å²) in [6.07, 6.45) is 4.30. The van der Waals surface area contributed by atoms with Gasteiger partial charge in [-0.25, -0.2) is 9.59 Å². The minimum absolute atomic E-state index is 0.0197. The van der Waals surface area contributed by atoms with Crippen LogP contribution in [-0.2, 0) is 25.9 Å². The van der Waals surface area contributed by atoms with E-state index in [4.69, 9.17) is 10.5 Å². The molecule has 0 aliphatic rings. The number of ether oxygens (including phenoxy) is 1. The van der Waals surface area contributed by atoms with Crippen LogP contribution >= 0.6 is 0 Å². The molecule has 0 saturated carbocycles. The number of nitrogens with zero attached hydrogens (tertiary/aromatic N) is 2. The molecule has 13 nitrogen and oxygen atoms in total. The number of aromatic amines is 1. The molecule has 0 spiro atoms. The first-order valence-corrected chi connectivity index (χ1v) is 11.3. The Hall–Kier alpha value is -3.71. The van der Waals surface area contributed by atoms with Gasteiger partial charge in [-0.05, 0) is 6.42 Å². The van der Waals surface area contributed by atoms with Gasteiger partial charge in [0.1, 0.15) is 6.04 Å². The number of H-pyrrole nitrogens is 1. The Bertz CT molecular complexity index is 993. The number of aromatic nitrogens is 2. The number of halogens is 1. The van der Waals surface area contributed by atoms with Crippen molar-refractivity contribution in [2.75, 3.05) is 20.1 Å². The Labute approximate surface area is 201 Å². The maximum absolute atomic E-state index is 13.3. The number of hydrogen-bond donors (Lipinski definition) is 4. The van der Waals surface area contributed by atoms with Crippen molar-refractivity contribution >= 4 is 23.8 Å². The molecule has 1 unspecified atom stereocenters. The number of carbonyl (C=O) groups is 4. The van der Waals surface area contributed by atoms with E-state index >= 15 is 0 Å². The van der Waals surface area contributed by atoms with Gasteiger partial charge in [0.2, 0.25) is 23.5 Å². The number of carbonyl (C=O) groups excluding carboxylic acids is 4. The highest BCUT2D eigenvalue weighted by Crippen LogP contribution is 2.05. The number of nitrogens with two attached hydrogens (primary N) is 1. The third-order valence-electron chi connectivity index (χ3n) is 4.92. The predicted octanol–water partition coefficient (Wildman–Crippen LogP) is -0.461. The molecule has 4 amide bonds. The van der Waals surface area contributed by atoms with Crippen LogP contribution in [0, 0.1) is 5.82 Å². The molecule has 35 heavy (non-hydrogen) atoms. The van der Waals surface area contributed by atoms with Gasteiger partial charge in [-0.1, -0.05) is 32.6 Å². The highest BCUT2D eigenvalue weighted by Gasteiger charge is 2.23. The molecule has 0 aliphatic carbocycles. The van der Waals surface area contributed by atoms with Gasteiger partial charge in [-0.3, -0.25) is 28.7 Å². The topological polar surface area (TPSA) is 186 Å². The number of primary amides is 1. The smallest absolute Gasteiger partial charge is 0.411 e. The van der Waals surface area contributed by atoms with Crippen molar-refractivity contribution in [1.29, 1.82) is 0 Å². The quantitative estimate of drug-likeness (QED) is 0.235. The van der Waals surface area contributed by atoms with Crippen molar-refractivity contribution in [1.82, 2.24) is 25.1 Å². The molecule has 1 atom stereocenters. The molecule has 1 heterocycles. The summed E-state index contributed by atoms with van der Waals surface area (Å²) in [6.45, 7) is 1.38. The number of likely N-dealkylation sites (N-methyl/N-ethyl adjacent to an activating group) is 1. The number of nitrogens with one attached hydrogen (secondary N) is 3. The number of unbranched alkanes of at least 4 members (excludes halogenated alkanes) is 4. The van der Waals surface area contributed by atoms with Gasteiger partial charge in [0.25, 0.3) is 5.56 Å². The molecule has 14 heteroatoms. The van der Waals surface area contributed by atoms with E-state index in [1.807, 2.05) is 0 Å². The maximum Gasteiger partial charge on any atom is 0.411 e. The van der Waals surface area contributed by atoms with E-state index < -0.39 is 47.7 Å². The van der Waals surface area contributed by atoms with Gasteiger partial charge in [-0.2, -0.15) is 4.39 Å². The summed E-state index contributed by atoms with van der Waals surface area (Å²) in [6, 6.07) is -1.14. The molecule has 0 saturated heterocycles. The normalized spacial score (nSPS) is 11.4. The highest BCUT2D eigenvalue weighted by molar-refractivity contribution is 5.91. The number of amides is 4. The van der Waals surface area contributed by atoms with Crippen LogP contribution in [-0.4, -0.2) is 64.4 Å². The van der Waals surface area contributed by atoms with Crippen molar-refractivity contribution in [3.8, 4) is 0 Å². The Kier molecular flexibility index (Phi) is 12.8. The molecular weight excluding hydrogens is 467 g/mol. The molecular formula is C21H33FN6O7. The molecule has 0 bridgehead atoms. The molecule has 1 rings (SSSR count). The van der Waals surface area contributed by atoms with E-state index in [1.54, 1.807) is 4.98 Å². The second-order valence-electron chi connectivity index (χ2n) is 7.91. The summed E-state index contributed by atoms with van der Waals surface area (Å²) >= 11 is 0. The fourth-order valence-corrected chi connectivity index (χ4v) is 2.94. The third-order valence-corrected chi connectivity index (χ3v) is 4.92. The van der Waals surface area contributed by atoms with Crippen molar-refractivity contribution in [2.24, 2.45) is 5.73 Å². The molecule has 196 valence electrons. The summed E-state index contributed by atoms with van der Waals surface area (Å²) in [7, 11) is 1.35. The summed E-state index contributed by atoms with van der Waals surface area (Å²) in [5, 5.41) is 5.01. The summed E-state index contributed by atoms with van der Waals surface area (Å²) in [4.78, 5) is 73.3. The second kappa shape index (κ2) is 15.2. The summed E-state index contributed by atoms with van der Waals surface area (Å²) in [5.74, 6) is -2.98. The minimum Gasteiger partial charge on any atom is -0.427 e. The first-order valence-electron chi connectivity index (χ1n) is 11.3. The van der Waals surface area contributed by atoms with Crippen LogP contribution in [0.5, 0.6) is 0 Å². The molecule has 1 aromatic rings. The van der Waals surface area contributed by atoms with Gasteiger partial charge in [-0.15, -0.1) is 0 Å². The summed E-state index contributed by atoms with van der Waals surface area (Å²) < 4.78 is 18.8. The molecule has 1 aromatic heterocycles. The number of hydrogen-bond acceptors (Lipinski definition) is 7. The maximum atomic E-state index is 13.3. The largest absolute Gasteiger partial charge is 0.427 e. The van der Waals surface area contributed by atoms with E-state index in [2.05, 4.69) is 17.6 Å². The van der Waals surface area contributed by atoms with Gasteiger partial charge in [0, 0.05) is 26.6 Å². The molecule has 5 N–H and O–H groups in total. The predicted molar refractivity (Wildman–Crippen MR) is 123 cm³/mol. The van der Waals surface area contributed by atoms with Crippen LogP contribution in [0.3, 0.4) is 0 Å². The van der Waals surface area contributed by atoms with E-state index in [0.717, 1.165) is 30.6 Å². The molecule has 0 fully saturated rings. The number of rotatable bonds is 15. The lowest BCUT2D eigenvalue weighted by Crippen LogP contribution is -2.50. The van der Waals surface area contributed by atoms with Crippen LogP contribution in [0.25, 0.3) is 0 Å². The van der Waals surface area contributed by atoms with E-state index in [-0.39, 0.29) is 31.8 Å². The van der Waals surface area contributed by atoms with Crippen LogP contribution < -0.4 is 27.6 Å². The Morgan fingerprint density at radius 1 is 1.20 bits per heavy atom. The van der Waals surface area contributed by atoms with Gasteiger partial charge in [0.05, 0.1) is 12.6 Å². The molecule has 0 radical (unpaired) electrons. The Morgan fingerprint density at radius 3 is 2.54 bits per heavy atom. The van der Waals surface area contributed by atoms with Crippen molar-refractivity contribution in [3.05, 3.63) is 32.9 Å². The average molecular weight is 501 g/mol. The van der Waals surface area contributed by atoms with E-state index in [0.29, 0.717) is 17.2 Å². The van der Waals surface area contributed by atoms with Gasteiger partial charge in [0.15, 0.2) is 6.73 Å².